The van der Waals surface area contributed by atoms with Gasteiger partial charge in [-0.2, -0.15) is 0 Å². The van der Waals surface area contributed by atoms with Gasteiger partial charge in [-0.15, -0.1) is 0 Å². The van der Waals surface area contributed by atoms with E-state index in [0.29, 0.717) is 6.61 Å². The van der Waals surface area contributed by atoms with Gasteiger partial charge < -0.3 is 5.11 Å². The molecule has 0 aromatic rings. The lowest BCUT2D eigenvalue weighted by atomic mass is 9.81. The average molecular weight is 196 g/mol. The maximum atomic E-state index is 9.05. The summed E-state index contributed by atoms with van der Waals surface area (Å²) in [6.07, 6.45) is 8.71. The Morgan fingerprint density at radius 1 is 1.36 bits per heavy atom. The van der Waals surface area contributed by atoms with E-state index in [-0.39, 0.29) is 0 Å². The topological polar surface area (TPSA) is 20.2 Å². The van der Waals surface area contributed by atoms with E-state index in [4.69, 9.17) is 5.11 Å². The lowest BCUT2D eigenvalue weighted by Gasteiger charge is -2.25. The SMILES string of the molecule is CCC/C(CCO)=C1\CCCCC1C. The van der Waals surface area contributed by atoms with Crippen molar-refractivity contribution in [1.29, 1.82) is 0 Å². The third-order valence-corrected chi connectivity index (χ3v) is 3.35. The zero-order valence-electron chi connectivity index (χ0n) is 9.68. The number of hydrogen-bond acceptors (Lipinski definition) is 1. The molecule has 0 aromatic carbocycles. The lowest BCUT2D eigenvalue weighted by molar-refractivity contribution is 0.296. The van der Waals surface area contributed by atoms with Crippen molar-refractivity contribution in [3.8, 4) is 0 Å². The lowest BCUT2D eigenvalue weighted by Crippen LogP contribution is -2.10. The largest absolute Gasteiger partial charge is 0.396 e. The number of hydrogen-bond donors (Lipinski definition) is 1. The highest BCUT2D eigenvalue weighted by Crippen LogP contribution is 2.33. The van der Waals surface area contributed by atoms with Gasteiger partial charge in [-0.1, -0.05) is 37.8 Å². The van der Waals surface area contributed by atoms with Gasteiger partial charge in [0.25, 0.3) is 0 Å². The van der Waals surface area contributed by atoms with E-state index in [0.717, 1.165) is 12.3 Å². The highest BCUT2D eigenvalue weighted by atomic mass is 16.2. The molecule has 1 rings (SSSR count). The first-order chi connectivity index (χ1) is 6.79. The van der Waals surface area contributed by atoms with Gasteiger partial charge in [-0.3, -0.25) is 0 Å². The maximum absolute atomic E-state index is 9.05. The predicted molar refractivity (Wildman–Crippen MR) is 61.3 cm³/mol. The Bertz CT molecular complexity index is 185. The van der Waals surface area contributed by atoms with Crippen LogP contribution in [0.2, 0.25) is 0 Å². The first-order valence-corrected chi connectivity index (χ1v) is 6.11. The standard InChI is InChI=1S/C13H24O/c1-3-6-12(9-10-14)13-8-5-4-7-11(13)2/h11,14H,3-10H2,1-2H3/b13-12-. The minimum absolute atomic E-state index is 0.325. The molecule has 1 unspecified atom stereocenters. The van der Waals surface area contributed by atoms with Crippen molar-refractivity contribution in [2.24, 2.45) is 5.92 Å². The summed E-state index contributed by atoms with van der Waals surface area (Å²) in [5.74, 6) is 0.775. The average Bonchev–Trinajstić information content (AvgIpc) is 2.18. The van der Waals surface area contributed by atoms with Crippen molar-refractivity contribution in [3.05, 3.63) is 11.1 Å². The molecule has 1 nitrogen and oxygen atoms in total. The fraction of sp³-hybridized carbons (Fsp3) is 0.846. The summed E-state index contributed by atoms with van der Waals surface area (Å²) >= 11 is 0. The highest BCUT2D eigenvalue weighted by Gasteiger charge is 2.17. The molecule has 0 heterocycles. The zero-order valence-corrected chi connectivity index (χ0v) is 9.68. The van der Waals surface area contributed by atoms with Crippen molar-refractivity contribution in [2.45, 2.75) is 58.8 Å². The molecular weight excluding hydrogens is 172 g/mol. The third-order valence-electron chi connectivity index (χ3n) is 3.35. The molecule has 0 bridgehead atoms. The summed E-state index contributed by atoms with van der Waals surface area (Å²) in [6, 6.07) is 0. The summed E-state index contributed by atoms with van der Waals surface area (Å²) in [4.78, 5) is 0. The third kappa shape index (κ3) is 3.13. The summed E-state index contributed by atoms with van der Waals surface area (Å²) in [5, 5.41) is 9.05. The van der Waals surface area contributed by atoms with Crippen molar-refractivity contribution in [1.82, 2.24) is 0 Å². The fourth-order valence-electron chi connectivity index (χ4n) is 2.59. The van der Waals surface area contributed by atoms with Gasteiger partial charge in [0.2, 0.25) is 0 Å². The molecule has 1 heteroatoms. The van der Waals surface area contributed by atoms with Crippen LogP contribution in [0.15, 0.2) is 11.1 Å². The number of aliphatic hydroxyl groups excluding tert-OH is 1. The van der Waals surface area contributed by atoms with E-state index in [1.807, 2.05) is 0 Å². The molecule has 0 saturated heterocycles. The Labute approximate surface area is 88.2 Å². The smallest absolute Gasteiger partial charge is 0.0468 e. The van der Waals surface area contributed by atoms with Crippen LogP contribution < -0.4 is 0 Å². The Balaban J connectivity index is 2.71. The molecule has 1 fully saturated rings. The quantitative estimate of drug-likeness (QED) is 0.680. The van der Waals surface area contributed by atoms with Gasteiger partial charge in [-0.25, -0.2) is 0 Å². The highest BCUT2D eigenvalue weighted by molar-refractivity contribution is 5.18. The van der Waals surface area contributed by atoms with Gasteiger partial charge in [0.1, 0.15) is 0 Å². The van der Waals surface area contributed by atoms with E-state index in [1.54, 1.807) is 11.1 Å². The first-order valence-electron chi connectivity index (χ1n) is 6.11. The number of rotatable bonds is 4. The van der Waals surface area contributed by atoms with E-state index in [2.05, 4.69) is 13.8 Å². The van der Waals surface area contributed by atoms with Crippen molar-refractivity contribution >= 4 is 0 Å². The van der Waals surface area contributed by atoms with Crippen LogP contribution in [0, 0.1) is 5.92 Å². The predicted octanol–water partition coefficient (Wildman–Crippen LogP) is 3.68. The van der Waals surface area contributed by atoms with Crippen LogP contribution in [-0.2, 0) is 0 Å². The molecule has 1 N–H and O–H groups in total. The monoisotopic (exact) mass is 196 g/mol. The summed E-state index contributed by atoms with van der Waals surface area (Å²) in [5.41, 5.74) is 3.23. The molecule has 82 valence electrons. The molecular formula is C13H24O. The minimum Gasteiger partial charge on any atom is -0.396 e. The van der Waals surface area contributed by atoms with Crippen molar-refractivity contribution < 1.29 is 5.11 Å². The summed E-state index contributed by atoms with van der Waals surface area (Å²) in [7, 11) is 0. The summed E-state index contributed by atoms with van der Waals surface area (Å²) < 4.78 is 0. The van der Waals surface area contributed by atoms with Crippen LogP contribution in [-0.4, -0.2) is 11.7 Å². The molecule has 1 aliphatic carbocycles. The molecule has 0 aliphatic heterocycles. The summed E-state index contributed by atoms with van der Waals surface area (Å²) in [6.45, 7) is 4.90. The molecule has 14 heavy (non-hydrogen) atoms. The van der Waals surface area contributed by atoms with Crippen LogP contribution in [0.5, 0.6) is 0 Å². The molecule has 0 spiro atoms. The van der Waals surface area contributed by atoms with Gasteiger partial charge in [0.15, 0.2) is 0 Å². The van der Waals surface area contributed by atoms with Gasteiger partial charge in [0.05, 0.1) is 0 Å². The molecule has 1 atom stereocenters. The van der Waals surface area contributed by atoms with Crippen LogP contribution in [0.1, 0.15) is 58.8 Å². The van der Waals surface area contributed by atoms with Crippen LogP contribution in [0.4, 0.5) is 0 Å². The normalized spacial score (nSPS) is 26.4. The minimum atomic E-state index is 0.325. The Morgan fingerprint density at radius 2 is 2.14 bits per heavy atom. The van der Waals surface area contributed by atoms with E-state index in [1.165, 1.54) is 38.5 Å². The van der Waals surface area contributed by atoms with E-state index < -0.39 is 0 Å². The molecule has 1 saturated carbocycles. The van der Waals surface area contributed by atoms with Crippen molar-refractivity contribution in [2.75, 3.05) is 6.61 Å². The number of aliphatic hydroxyl groups is 1. The second-order valence-electron chi connectivity index (χ2n) is 4.50. The second-order valence-corrected chi connectivity index (χ2v) is 4.50. The zero-order chi connectivity index (χ0) is 10.4. The molecule has 0 aromatic heterocycles. The maximum Gasteiger partial charge on any atom is 0.0468 e. The molecule has 0 radical (unpaired) electrons. The Morgan fingerprint density at radius 3 is 2.71 bits per heavy atom. The number of allylic oxidation sites excluding steroid dienone is 1. The molecule has 1 aliphatic rings. The van der Waals surface area contributed by atoms with E-state index in [9.17, 15) is 0 Å². The fourth-order valence-corrected chi connectivity index (χ4v) is 2.59. The van der Waals surface area contributed by atoms with Gasteiger partial charge in [-0.05, 0) is 38.0 Å². The Hall–Kier alpha value is -0.300. The van der Waals surface area contributed by atoms with Crippen LogP contribution >= 0.6 is 0 Å². The van der Waals surface area contributed by atoms with Crippen molar-refractivity contribution in [3.63, 3.8) is 0 Å². The first kappa shape index (κ1) is 11.8. The molecule has 0 amide bonds. The van der Waals surface area contributed by atoms with Crippen LogP contribution in [0.25, 0.3) is 0 Å². The second kappa shape index (κ2) is 6.23. The Kier molecular flexibility index (Phi) is 5.24. The van der Waals surface area contributed by atoms with Crippen LogP contribution in [0.3, 0.4) is 0 Å². The van der Waals surface area contributed by atoms with Gasteiger partial charge in [0, 0.05) is 6.61 Å². The van der Waals surface area contributed by atoms with Gasteiger partial charge >= 0.3 is 0 Å². The van der Waals surface area contributed by atoms with E-state index >= 15 is 0 Å².